The largest absolute Gasteiger partial charge is 0.298 e. The Morgan fingerprint density at radius 3 is 2.27 bits per heavy atom. The van der Waals surface area contributed by atoms with Crippen LogP contribution in [-0.2, 0) is 6.42 Å². The van der Waals surface area contributed by atoms with Crippen molar-refractivity contribution in [1.82, 2.24) is 0 Å². The second-order valence-electron chi connectivity index (χ2n) is 5.50. The van der Waals surface area contributed by atoms with E-state index in [4.69, 9.17) is 0 Å². The highest BCUT2D eigenvalue weighted by Gasteiger charge is 2.00. The molecule has 0 aliphatic heterocycles. The molecule has 0 spiro atoms. The molecule has 0 aliphatic rings. The number of hydrogen-bond acceptors (Lipinski definition) is 2. The van der Waals surface area contributed by atoms with Crippen LogP contribution in [0.15, 0.2) is 59.5 Å². The average Bonchev–Trinajstić information content (AvgIpc) is 2.58. The van der Waals surface area contributed by atoms with Crippen LogP contribution in [0.1, 0.15) is 48.0 Å². The highest BCUT2D eigenvalue weighted by atomic mass is 32.2. The molecule has 1 nitrogen and oxygen atoms in total. The first-order chi connectivity index (χ1) is 10.9. The van der Waals surface area contributed by atoms with Gasteiger partial charge in [-0.2, -0.15) is 0 Å². The first-order valence-corrected chi connectivity index (χ1v) is 9.09. The van der Waals surface area contributed by atoms with Crippen LogP contribution >= 0.6 is 11.8 Å². The van der Waals surface area contributed by atoms with E-state index in [0.29, 0.717) is 0 Å². The molecular formula is C20H24OS. The molecule has 0 aliphatic carbocycles. The number of hydrogen-bond donors (Lipinski definition) is 0. The summed E-state index contributed by atoms with van der Waals surface area (Å²) in [6.45, 7) is 0. The minimum absolute atomic E-state index is 0.849. The monoisotopic (exact) mass is 312 g/mol. The van der Waals surface area contributed by atoms with Gasteiger partial charge in [0.2, 0.25) is 0 Å². The van der Waals surface area contributed by atoms with Gasteiger partial charge in [0.05, 0.1) is 0 Å². The van der Waals surface area contributed by atoms with Crippen molar-refractivity contribution >= 4 is 18.0 Å². The van der Waals surface area contributed by atoms with E-state index >= 15 is 0 Å². The lowest BCUT2D eigenvalue weighted by Gasteiger charge is -2.05. The number of carbonyl (C=O) groups excluding carboxylic acids is 1. The molecule has 0 aromatic heterocycles. The van der Waals surface area contributed by atoms with E-state index < -0.39 is 0 Å². The summed E-state index contributed by atoms with van der Waals surface area (Å²) >= 11 is 1.95. The molecule has 0 amide bonds. The third-order valence-corrected chi connectivity index (χ3v) is 4.88. The number of carbonyl (C=O) groups is 1. The minimum atomic E-state index is 0.849. The summed E-state index contributed by atoms with van der Waals surface area (Å²) in [6, 6.07) is 18.5. The summed E-state index contributed by atoms with van der Waals surface area (Å²) < 4.78 is 0. The molecule has 116 valence electrons. The highest BCUT2D eigenvalue weighted by molar-refractivity contribution is 7.99. The highest BCUT2D eigenvalue weighted by Crippen LogP contribution is 2.19. The lowest BCUT2D eigenvalue weighted by molar-refractivity contribution is 0.112. The van der Waals surface area contributed by atoms with Crippen molar-refractivity contribution in [2.24, 2.45) is 0 Å². The van der Waals surface area contributed by atoms with E-state index in [0.717, 1.165) is 18.3 Å². The third-order valence-electron chi connectivity index (χ3n) is 3.78. The Labute approximate surface area is 138 Å². The normalized spacial score (nSPS) is 10.5. The molecule has 22 heavy (non-hydrogen) atoms. The van der Waals surface area contributed by atoms with Gasteiger partial charge in [-0.3, -0.25) is 4.79 Å². The predicted molar refractivity (Wildman–Crippen MR) is 95.8 cm³/mol. The number of aryl methyl sites for hydroxylation is 1. The zero-order chi connectivity index (χ0) is 15.5. The van der Waals surface area contributed by atoms with Crippen molar-refractivity contribution in [1.29, 1.82) is 0 Å². The van der Waals surface area contributed by atoms with Crippen LogP contribution in [0.5, 0.6) is 0 Å². The van der Waals surface area contributed by atoms with Crippen LogP contribution in [0.3, 0.4) is 0 Å². The van der Waals surface area contributed by atoms with Gasteiger partial charge in [0.25, 0.3) is 0 Å². The molecule has 0 saturated carbocycles. The molecular weight excluding hydrogens is 288 g/mol. The lowest BCUT2D eigenvalue weighted by Crippen LogP contribution is -1.92. The van der Waals surface area contributed by atoms with Gasteiger partial charge in [0.1, 0.15) is 6.29 Å². The molecule has 0 radical (unpaired) electrons. The molecule has 2 aromatic rings. The Morgan fingerprint density at radius 2 is 1.45 bits per heavy atom. The van der Waals surface area contributed by atoms with Gasteiger partial charge >= 0.3 is 0 Å². The Bertz CT molecular complexity index is 551. The van der Waals surface area contributed by atoms with Crippen LogP contribution in [0.2, 0.25) is 0 Å². The van der Waals surface area contributed by atoms with Crippen molar-refractivity contribution in [3.05, 3.63) is 65.7 Å². The molecule has 2 aromatic carbocycles. The summed E-state index contributed by atoms with van der Waals surface area (Å²) in [5, 5.41) is 0. The second-order valence-corrected chi connectivity index (χ2v) is 6.66. The molecule has 2 rings (SSSR count). The lowest BCUT2D eigenvalue weighted by atomic mass is 10.0. The van der Waals surface area contributed by atoms with E-state index in [2.05, 4.69) is 36.4 Å². The fourth-order valence-electron chi connectivity index (χ4n) is 2.53. The van der Waals surface area contributed by atoms with E-state index in [9.17, 15) is 4.79 Å². The summed E-state index contributed by atoms with van der Waals surface area (Å²) in [5.74, 6) is 1.21. The van der Waals surface area contributed by atoms with Crippen molar-refractivity contribution < 1.29 is 4.79 Å². The van der Waals surface area contributed by atoms with Gasteiger partial charge in [-0.05, 0) is 42.7 Å². The van der Waals surface area contributed by atoms with Crippen molar-refractivity contribution in [2.45, 2.75) is 43.4 Å². The molecule has 0 heterocycles. The Kier molecular flexibility index (Phi) is 7.82. The van der Waals surface area contributed by atoms with E-state index in [1.54, 1.807) is 0 Å². The topological polar surface area (TPSA) is 17.1 Å². The molecule has 0 N–H and O–H groups in total. The standard InChI is InChI=1S/C20H24OS/c21-17-19-13-9-8-12-18(19)11-5-2-1-3-10-16-22-20-14-6-4-7-15-20/h4,6-9,12-15,17H,1-3,5,10-11,16H2. The maximum atomic E-state index is 10.9. The predicted octanol–water partition coefficient (Wildman–Crippen LogP) is 5.78. The van der Waals surface area contributed by atoms with Gasteiger partial charge in [0.15, 0.2) is 0 Å². The third kappa shape index (κ3) is 6.07. The van der Waals surface area contributed by atoms with Gasteiger partial charge in [0, 0.05) is 10.5 Å². The smallest absolute Gasteiger partial charge is 0.150 e. The fourth-order valence-corrected chi connectivity index (χ4v) is 3.47. The quantitative estimate of drug-likeness (QED) is 0.314. The summed E-state index contributed by atoms with van der Waals surface area (Å²) in [4.78, 5) is 12.3. The van der Waals surface area contributed by atoms with Crippen LogP contribution in [0, 0.1) is 0 Å². The van der Waals surface area contributed by atoms with Gasteiger partial charge in [-0.25, -0.2) is 0 Å². The zero-order valence-corrected chi connectivity index (χ0v) is 13.9. The Balaban J connectivity index is 1.52. The first-order valence-electron chi connectivity index (χ1n) is 8.11. The zero-order valence-electron chi connectivity index (χ0n) is 13.0. The molecule has 0 unspecified atom stereocenters. The van der Waals surface area contributed by atoms with Crippen LogP contribution in [-0.4, -0.2) is 12.0 Å². The summed E-state index contributed by atoms with van der Waals surface area (Å²) in [7, 11) is 0. The van der Waals surface area contributed by atoms with E-state index in [1.165, 1.54) is 48.3 Å². The van der Waals surface area contributed by atoms with Crippen molar-refractivity contribution in [3.8, 4) is 0 Å². The molecule has 2 heteroatoms. The van der Waals surface area contributed by atoms with Crippen molar-refractivity contribution in [3.63, 3.8) is 0 Å². The minimum Gasteiger partial charge on any atom is -0.298 e. The van der Waals surface area contributed by atoms with E-state index in [1.807, 2.05) is 30.0 Å². The number of unbranched alkanes of at least 4 members (excludes halogenated alkanes) is 4. The SMILES string of the molecule is O=Cc1ccccc1CCCCCCCSc1ccccc1. The van der Waals surface area contributed by atoms with E-state index in [-0.39, 0.29) is 0 Å². The summed E-state index contributed by atoms with van der Waals surface area (Å²) in [6.07, 6.45) is 8.29. The van der Waals surface area contributed by atoms with Gasteiger partial charge < -0.3 is 0 Å². The van der Waals surface area contributed by atoms with Gasteiger partial charge in [-0.1, -0.05) is 61.7 Å². The van der Waals surface area contributed by atoms with Crippen LogP contribution in [0.4, 0.5) is 0 Å². The average molecular weight is 312 g/mol. The van der Waals surface area contributed by atoms with Crippen molar-refractivity contribution in [2.75, 3.05) is 5.75 Å². The number of benzene rings is 2. The maximum absolute atomic E-state index is 10.9. The van der Waals surface area contributed by atoms with Crippen LogP contribution in [0.25, 0.3) is 0 Å². The Hall–Kier alpha value is -1.54. The fraction of sp³-hybridized carbons (Fsp3) is 0.350. The second kappa shape index (κ2) is 10.2. The molecule has 0 saturated heterocycles. The number of aldehydes is 1. The first kappa shape index (κ1) is 16.8. The summed E-state index contributed by atoms with van der Waals surface area (Å²) in [5.41, 5.74) is 2.04. The molecule has 0 atom stereocenters. The Morgan fingerprint density at radius 1 is 0.773 bits per heavy atom. The number of thioether (sulfide) groups is 1. The van der Waals surface area contributed by atoms with Crippen LogP contribution < -0.4 is 0 Å². The molecule has 0 bridgehead atoms. The van der Waals surface area contributed by atoms with Gasteiger partial charge in [-0.15, -0.1) is 11.8 Å². The molecule has 0 fully saturated rings. The maximum Gasteiger partial charge on any atom is 0.150 e. The number of rotatable bonds is 10.